The number of nitrogens with one attached hydrogen (secondary N) is 1. The van der Waals surface area contributed by atoms with Crippen LogP contribution in [0.25, 0.3) is 10.6 Å². The summed E-state index contributed by atoms with van der Waals surface area (Å²) in [7, 11) is 1.64. The highest BCUT2D eigenvalue weighted by Gasteiger charge is 2.19. The molecule has 140 valence electrons. The second-order valence-electron chi connectivity index (χ2n) is 6.62. The molecule has 0 bridgehead atoms. The van der Waals surface area contributed by atoms with Crippen LogP contribution in [0.4, 0.5) is 0 Å². The van der Waals surface area contributed by atoms with Crippen molar-refractivity contribution in [2.75, 3.05) is 7.11 Å². The monoisotopic (exact) mass is 381 g/mol. The van der Waals surface area contributed by atoms with Crippen LogP contribution in [0.15, 0.2) is 54.2 Å². The summed E-state index contributed by atoms with van der Waals surface area (Å²) in [4.78, 5) is 21.3. The van der Waals surface area contributed by atoms with Gasteiger partial charge in [0.05, 0.1) is 25.3 Å². The molecule has 3 rings (SSSR count). The summed E-state index contributed by atoms with van der Waals surface area (Å²) in [5.41, 5.74) is 2.80. The fourth-order valence-corrected chi connectivity index (χ4v) is 3.66. The number of rotatable bonds is 7. The first-order valence-corrected chi connectivity index (χ1v) is 9.73. The summed E-state index contributed by atoms with van der Waals surface area (Å²) in [6.07, 6.45) is 3.77. The lowest BCUT2D eigenvalue weighted by Gasteiger charge is -2.23. The summed E-state index contributed by atoms with van der Waals surface area (Å²) in [6, 6.07) is 11.6. The van der Waals surface area contributed by atoms with Crippen molar-refractivity contribution >= 4 is 17.2 Å². The van der Waals surface area contributed by atoms with Crippen LogP contribution in [-0.2, 0) is 11.2 Å². The van der Waals surface area contributed by atoms with Crippen molar-refractivity contribution in [1.82, 2.24) is 15.3 Å². The van der Waals surface area contributed by atoms with Gasteiger partial charge in [0.15, 0.2) is 0 Å². The first-order valence-electron chi connectivity index (χ1n) is 8.85. The fraction of sp³-hybridized carbons (Fsp3) is 0.286. The Bertz CT molecular complexity index is 876. The Morgan fingerprint density at radius 3 is 2.63 bits per heavy atom. The topological polar surface area (TPSA) is 64.1 Å². The molecule has 0 radical (unpaired) electrons. The standard InChI is InChI=1S/C21H23N3O2S/c1-14(2)20(15-6-8-18(26-3)9-7-15)24-19(25)11-17-13-27-21(23-17)16-5-4-10-22-12-16/h4-10,12-14,20H,11H2,1-3H3,(H,24,25). The highest BCUT2D eigenvalue weighted by molar-refractivity contribution is 7.13. The molecule has 0 saturated heterocycles. The number of pyridine rings is 1. The van der Waals surface area contributed by atoms with Gasteiger partial charge in [-0.1, -0.05) is 26.0 Å². The van der Waals surface area contributed by atoms with Gasteiger partial charge in [-0.05, 0) is 35.7 Å². The number of amides is 1. The van der Waals surface area contributed by atoms with E-state index in [1.807, 2.05) is 41.8 Å². The Labute approximate surface area is 163 Å². The number of aromatic nitrogens is 2. The molecule has 3 aromatic rings. The van der Waals surface area contributed by atoms with E-state index in [2.05, 4.69) is 29.1 Å². The quantitative estimate of drug-likeness (QED) is 0.664. The van der Waals surface area contributed by atoms with Crippen LogP contribution < -0.4 is 10.1 Å². The zero-order valence-electron chi connectivity index (χ0n) is 15.7. The molecule has 0 aliphatic rings. The maximum atomic E-state index is 12.6. The van der Waals surface area contributed by atoms with E-state index in [1.54, 1.807) is 19.5 Å². The van der Waals surface area contributed by atoms with Crippen molar-refractivity contribution in [2.24, 2.45) is 5.92 Å². The van der Waals surface area contributed by atoms with Crippen LogP contribution >= 0.6 is 11.3 Å². The Kier molecular flexibility index (Phi) is 6.19. The highest BCUT2D eigenvalue weighted by atomic mass is 32.1. The molecule has 6 heteroatoms. The van der Waals surface area contributed by atoms with Crippen LogP contribution in [0.1, 0.15) is 31.1 Å². The number of hydrogen-bond donors (Lipinski definition) is 1. The summed E-state index contributed by atoms with van der Waals surface area (Å²) in [5.74, 6) is 1.04. The van der Waals surface area contributed by atoms with Crippen molar-refractivity contribution in [2.45, 2.75) is 26.3 Å². The van der Waals surface area contributed by atoms with Gasteiger partial charge in [0, 0.05) is 23.3 Å². The minimum absolute atomic E-state index is 0.0347. The summed E-state index contributed by atoms with van der Waals surface area (Å²) < 4.78 is 5.21. The molecule has 0 fully saturated rings. The lowest BCUT2D eigenvalue weighted by atomic mass is 9.95. The van der Waals surface area contributed by atoms with E-state index < -0.39 is 0 Å². The molecular formula is C21H23N3O2S. The number of hydrogen-bond acceptors (Lipinski definition) is 5. The van der Waals surface area contributed by atoms with Crippen molar-refractivity contribution in [1.29, 1.82) is 0 Å². The summed E-state index contributed by atoms with van der Waals surface area (Å²) in [6.45, 7) is 4.19. The molecule has 27 heavy (non-hydrogen) atoms. The van der Waals surface area contributed by atoms with Crippen LogP contribution in [-0.4, -0.2) is 23.0 Å². The number of benzene rings is 1. The van der Waals surface area contributed by atoms with Crippen molar-refractivity contribution < 1.29 is 9.53 Å². The van der Waals surface area contributed by atoms with E-state index in [9.17, 15) is 4.79 Å². The van der Waals surface area contributed by atoms with Gasteiger partial charge in [-0.25, -0.2) is 4.98 Å². The Hall–Kier alpha value is -2.73. The van der Waals surface area contributed by atoms with Crippen molar-refractivity contribution in [3.8, 4) is 16.3 Å². The molecule has 1 aromatic carbocycles. The lowest BCUT2D eigenvalue weighted by molar-refractivity contribution is -0.121. The van der Waals surface area contributed by atoms with Gasteiger partial charge < -0.3 is 10.1 Å². The number of carbonyl (C=O) groups is 1. The van der Waals surface area contributed by atoms with Crippen molar-refractivity contribution in [3.63, 3.8) is 0 Å². The predicted molar refractivity (Wildman–Crippen MR) is 108 cm³/mol. The van der Waals surface area contributed by atoms with E-state index in [0.717, 1.165) is 27.6 Å². The minimum atomic E-state index is -0.0557. The molecule has 0 aliphatic carbocycles. The first-order chi connectivity index (χ1) is 13.1. The van der Waals surface area contributed by atoms with Crippen LogP contribution in [0.5, 0.6) is 5.75 Å². The van der Waals surface area contributed by atoms with Gasteiger partial charge in [0.1, 0.15) is 10.8 Å². The van der Waals surface area contributed by atoms with E-state index in [4.69, 9.17) is 4.74 Å². The van der Waals surface area contributed by atoms with Crippen molar-refractivity contribution in [3.05, 3.63) is 65.4 Å². The summed E-state index contributed by atoms with van der Waals surface area (Å²) >= 11 is 1.53. The molecule has 1 N–H and O–H groups in total. The largest absolute Gasteiger partial charge is 0.497 e. The minimum Gasteiger partial charge on any atom is -0.497 e. The van der Waals surface area contributed by atoms with Crippen LogP contribution in [0, 0.1) is 5.92 Å². The van der Waals surface area contributed by atoms with Gasteiger partial charge in [-0.2, -0.15) is 0 Å². The molecule has 1 atom stereocenters. The number of nitrogens with zero attached hydrogens (tertiary/aromatic N) is 2. The fourth-order valence-electron chi connectivity index (χ4n) is 2.85. The zero-order chi connectivity index (χ0) is 19.2. The van der Waals surface area contributed by atoms with E-state index in [0.29, 0.717) is 0 Å². The van der Waals surface area contributed by atoms with Gasteiger partial charge in [0.2, 0.25) is 5.91 Å². The highest BCUT2D eigenvalue weighted by Crippen LogP contribution is 2.25. The Balaban J connectivity index is 1.67. The number of thiazole rings is 1. The molecule has 5 nitrogen and oxygen atoms in total. The molecular weight excluding hydrogens is 358 g/mol. The second-order valence-corrected chi connectivity index (χ2v) is 7.48. The average molecular weight is 382 g/mol. The molecule has 1 amide bonds. The van der Waals surface area contributed by atoms with E-state index in [-0.39, 0.29) is 24.3 Å². The first kappa shape index (κ1) is 19.0. The van der Waals surface area contributed by atoms with Gasteiger partial charge in [-0.3, -0.25) is 9.78 Å². The average Bonchev–Trinajstić information content (AvgIpc) is 3.15. The lowest BCUT2D eigenvalue weighted by Crippen LogP contribution is -2.32. The maximum Gasteiger partial charge on any atom is 0.226 e. The third kappa shape index (κ3) is 4.92. The van der Waals surface area contributed by atoms with Gasteiger partial charge in [0.25, 0.3) is 0 Å². The van der Waals surface area contributed by atoms with E-state index in [1.165, 1.54) is 11.3 Å². The molecule has 2 aromatic heterocycles. The number of methoxy groups -OCH3 is 1. The van der Waals surface area contributed by atoms with Crippen LogP contribution in [0.3, 0.4) is 0 Å². The number of ether oxygens (including phenoxy) is 1. The van der Waals surface area contributed by atoms with E-state index >= 15 is 0 Å². The maximum absolute atomic E-state index is 12.6. The zero-order valence-corrected chi connectivity index (χ0v) is 16.5. The molecule has 0 spiro atoms. The van der Waals surface area contributed by atoms with Gasteiger partial charge >= 0.3 is 0 Å². The third-order valence-corrected chi connectivity index (χ3v) is 5.20. The SMILES string of the molecule is COc1ccc(C(NC(=O)Cc2csc(-c3cccnc3)n2)C(C)C)cc1. The molecule has 2 heterocycles. The van der Waals surface area contributed by atoms with Crippen LogP contribution in [0.2, 0.25) is 0 Å². The third-order valence-electron chi connectivity index (χ3n) is 4.26. The normalized spacial score (nSPS) is 12.0. The smallest absolute Gasteiger partial charge is 0.226 e. The van der Waals surface area contributed by atoms with Gasteiger partial charge in [-0.15, -0.1) is 11.3 Å². The Morgan fingerprint density at radius 2 is 2.00 bits per heavy atom. The molecule has 1 unspecified atom stereocenters. The summed E-state index contributed by atoms with van der Waals surface area (Å²) in [5, 5.41) is 5.95. The number of carbonyl (C=O) groups excluding carboxylic acids is 1. The second kappa shape index (κ2) is 8.77. The molecule has 0 saturated carbocycles. The Morgan fingerprint density at radius 1 is 1.22 bits per heavy atom. The predicted octanol–water partition coefficient (Wildman–Crippen LogP) is 4.27. The molecule has 0 aliphatic heterocycles.